The molecule has 32 heavy (non-hydrogen) atoms. The largest absolute Gasteiger partial charge is 0.437 e. The third-order valence-electron chi connectivity index (χ3n) is 5.66. The fraction of sp³-hybridized carbons (Fsp3) is 0.250. The maximum Gasteiger partial charge on any atom is 0.293 e. The van der Waals surface area contributed by atoms with E-state index < -0.39 is 10.8 Å². The summed E-state index contributed by atoms with van der Waals surface area (Å²) in [4.78, 5) is 30.4. The molecule has 0 atom stereocenters. The zero-order valence-corrected chi connectivity index (χ0v) is 18.0. The van der Waals surface area contributed by atoms with Crippen molar-refractivity contribution >= 4 is 23.0 Å². The fourth-order valence-electron chi connectivity index (χ4n) is 3.74. The van der Waals surface area contributed by atoms with E-state index in [-0.39, 0.29) is 17.1 Å². The van der Waals surface area contributed by atoms with Gasteiger partial charge in [0.05, 0.1) is 4.92 Å². The smallest absolute Gasteiger partial charge is 0.293 e. The minimum absolute atomic E-state index is 0.0717. The van der Waals surface area contributed by atoms with E-state index in [0.717, 1.165) is 37.1 Å². The van der Waals surface area contributed by atoms with Crippen LogP contribution in [0, 0.1) is 24.0 Å². The van der Waals surface area contributed by atoms with E-state index in [0.29, 0.717) is 17.1 Å². The van der Waals surface area contributed by atoms with Gasteiger partial charge in [-0.15, -0.1) is 0 Å². The molecule has 0 radical (unpaired) electrons. The van der Waals surface area contributed by atoms with Crippen molar-refractivity contribution in [2.75, 3.05) is 23.3 Å². The summed E-state index contributed by atoms with van der Waals surface area (Å²) in [6.45, 7) is 5.50. The lowest BCUT2D eigenvalue weighted by Crippen LogP contribution is -2.20. The van der Waals surface area contributed by atoms with E-state index in [1.807, 2.05) is 36.9 Å². The molecule has 1 N–H and O–H groups in total. The summed E-state index contributed by atoms with van der Waals surface area (Å²) >= 11 is 0. The number of anilines is 2. The number of hydrogen-bond acceptors (Lipinski definition) is 6. The molecular formula is C24H24N4O4. The monoisotopic (exact) mass is 432 g/mol. The van der Waals surface area contributed by atoms with Gasteiger partial charge >= 0.3 is 0 Å². The summed E-state index contributed by atoms with van der Waals surface area (Å²) in [7, 11) is 0. The number of nitro benzene ring substituents is 1. The van der Waals surface area contributed by atoms with Crippen LogP contribution >= 0.6 is 0 Å². The van der Waals surface area contributed by atoms with Crippen LogP contribution in [0.25, 0.3) is 0 Å². The van der Waals surface area contributed by atoms with Crippen LogP contribution in [0.3, 0.4) is 0 Å². The molecule has 1 aromatic heterocycles. The van der Waals surface area contributed by atoms with Crippen molar-refractivity contribution in [2.45, 2.75) is 26.7 Å². The van der Waals surface area contributed by atoms with Crippen LogP contribution in [0.5, 0.6) is 11.6 Å². The molecule has 164 valence electrons. The molecule has 3 aromatic rings. The van der Waals surface area contributed by atoms with E-state index in [1.54, 1.807) is 30.5 Å². The first-order chi connectivity index (χ1) is 15.4. The van der Waals surface area contributed by atoms with Gasteiger partial charge in [-0.25, -0.2) is 4.98 Å². The number of aromatic nitrogens is 1. The third-order valence-corrected chi connectivity index (χ3v) is 5.66. The first-order valence-corrected chi connectivity index (χ1v) is 10.5. The number of ether oxygens (including phenoxy) is 1. The van der Waals surface area contributed by atoms with Crippen LogP contribution in [0.15, 0.2) is 54.7 Å². The molecule has 0 saturated carbocycles. The Morgan fingerprint density at radius 2 is 1.91 bits per heavy atom. The predicted molar refractivity (Wildman–Crippen MR) is 123 cm³/mol. The van der Waals surface area contributed by atoms with Crippen LogP contribution in [0.1, 0.15) is 34.3 Å². The van der Waals surface area contributed by atoms with E-state index in [2.05, 4.69) is 10.3 Å². The number of nitro groups is 1. The summed E-state index contributed by atoms with van der Waals surface area (Å²) in [5.41, 5.74) is 3.10. The van der Waals surface area contributed by atoms with Gasteiger partial charge in [0.25, 0.3) is 11.6 Å². The van der Waals surface area contributed by atoms with Gasteiger partial charge in [-0.05, 0) is 68.1 Å². The van der Waals surface area contributed by atoms with Gasteiger partial charge in [0, 0.05) is 30.9 Å². The highest BCUT2D eigenvalue weighted by Crippen LogP contribution is 2.33. The highest BCUT2D eigenvalue weighted by atomic mass is 16.6. The van der Waals surface area contributed by atoms with Crippen LogP contribution in [0.4, 0.5) is 17.1 Å². The number of pyridine rings is 1. The zero-order chi connectivity index (χ0) is 22.7. The molecule has 8 nitrogen and oxygen atoms in total. The van der Waals surface area contributed by atoms with Gasteiger partial charge < -0.3 is 15.0 Å². The molecule has 1 aliphatic rings. The van der Waals surface area contributed by atoms with Crippen molar-refractivity contribution in [3.63, 3.8) is 0 Å². The molecule has 0 spiro atoms. The van der Waals surface area contributed by atoms with Gasteiger partial charge in [0.2, 0.25) is 5.88 Å². The standard InChI is InChI=1S/C24H24N4O4/c1-16-7-5-9-22(17(16)2)32-24-19(8-6-12-25-24)26-23(29)18-10-11-20(21(15-18)28(30)31)27-13-3-4-14-27/h5-12,15H,3-4,13-14H2,1-2H3,(H,26,29). The van der Waals surface area contributed by atoms with Crippen LogP contribution in [-0.2, 0) is 0 Å². The lowest BCUT2D eigenvalue weighted by Gasteiger charge is -2.18. The normalized spacial score (nSPS) is 13.1. The fourth-order valence-corrected chi connectivity index (χ4v) is 3.74. The van der Waals surface area contributed by atoms with Crippen LogP contribution in [0.2, 0.25) is 0 Å². The number of aryl methyl sites for hydroxylation is 1. The number of rotatable bonds is 6. The Balaban J connectivity index is 1.59. The average Bonchev–Trinajstić information content (AvgIpc) is 3.32. The van der Waals surface area contributed by atoms with Gasteiger partial charge in [0.15, 0.2) is 0 Å². The molecule has 1 fully saturated rings. The van der Waals surface area contributed by atoms with Crippen LogP contribution < -0.4 is 15.0 Å². The molecule has 1 amide bonds. The van der Waals surface area contributed by atoms with Crippen molar-refractivity contribution < 1.29 is 14.5 Å². The number of nitrogens with zero attached hydrogens (tertiary/aromatic N) is 3. The first-order valence-electron chi connectivity index (χ1n) is 10.5. The summed E-state index contributed by atoms with van der Waals surface area (Å²) in [5.74, 6) is 0.419. The van der Waals surface area contributed by atoms with E-state index in [9.17, 15) is 14.9 Å². The molecular weight excluding hydrogens is 408 g/mol. The quantitative estimate of drug-likeness (QED) is 0.422. The Hall–Kier alpha value is -3.94. The molecule has 1 saturated heterocycles. The summed E-state index contributed by atoms with van der Waals surface area (Å²) in [6.07, 6.45) is 3.58. The average molecular weight is 432 g/mol. The van der Waals surface area contributed by atoms with Crippen molar-refractivity contribution in [3.8, 4) is 11.6 Å². The van der Waals surface area contributed by atoms with Gasteiger partial charge in [-0.3, -0.25) is 14.9 Å². The van der Waals surface area contributed by atoms with Gasteiger partial charge in [0.1, 0.15) is 17.1 Å². The second kappa shape index (κ2) is 9.05. The first kappa shape index (κ1) is 21.3. The highest BCUT2D eigenvalue weighted by Gasteiger charge is 2.24. The van der Waals surface area contributed by atoms with Crippen LogP contribution in [-0.4, -0.2) is 28.9 Å². The minimum atomic E-state index is -0.472. The topological polar surface area (TPSA) is 97.6 Å². The molecule has 0 aliphatic carbocycles. The number of benzene rings is 2. The maximum absolute atomic E-state index is 12.9. The summed E-state index contributed by atoms with van der Waals surface area (Å²) in [5, 5.41) is 14.4. The molecule has 0 unspecified atom stereocenters. The maximum atomic E-state index is 12.9. The summed E-state index contributed by atoms with van der Waals surface area (Å²) < 4.78 is 5.97. The second-order valence-corrected chi connectivity index (χ2v) is 7.77. The third kappa shape index (κ3) is 4.39. The zero-order valence-electron chi connectivity index (χ0n) is 18.0. The Kier molecular flexibility index (Phi) is 6.02. The number of hydrogen-bond donors (Lipinski definition) is 1. The van der Waals surface area contributed by atoms with Gasteiger partial charge in [-0.2, -0.15) is 0 Å². The second-order valence-electron chi connectivity index (χ2n) is 7.77. The van der Waals surface area contributed by atoms with E-state index in [4.69, 9.17) is 4.74 Å². The molecule has 4 rings (SSSR count). The molecule has 2 heterocycles. The predicted octanol–water partition coefficient (Wildman–Crippen LogP) is 5.25. The lowest BCUT2D eigenvalue weighted by molar-refractivity contribution is -0.384. The molecule has 2 aromatic carbocycles. The Morgan fingerprint density at radius 3 is 2.66 bits per heavy atom. The number of carbonyl (C=O) groups excluding carboxylic acids is 1. The minimum Gasteiger partial charge on any atom is -0.437 e. The van der Waals surface area contributed by atoms with Gasteiger partial charge in [-0.1, -0.05) is 12.1 Å². The SMILES string of the molecule is Cc1cccc(Oc2ncccc2NC(=O)c2ccc(N3CCCC3)c([N+](=O)[O-])c2)c1C. The van der Waals surface area contributed by atoms with E-state index >= 15 is 0 Å². The van der Waals surface area contributed by atoms with Crippen molar-refractivity contribution in [1.29, 1.82) is 0 Å². The van der Waals surface area contributed by atoms with Crippen molar-refractivity contribution in [1.82, 2.24) is 4.98 Å². The lowest BCUT2D eigenvalue weighted by atomic mass is 10.1. The number of nitrogens with one attached hydrogen (secondary N) is 1. The van der Waals surface area contributed by atoms with E-state index in [1.165, 1.54) is 6.07 Å². The number of amides is 1. The highest BCUT2D eigenvalue weighted by molar-refractivity contribution is 6.05. The Bertz CT molecular complexity index is 1170. The summed E-state index contributed by atoms with van der Waals surface area (Å²) in [6, 6.07) is 13.7. The number of carbonyl (C=O) groups is 1. The molecule has 8 heteroatoms. The Labute approximate surface area is 186 Å². The molecule has 0 bridgehead atoms. The van der Waals surface area contributed by atoms with Crippen molar-refractivity contribution in [2.24, 2.45) is 0 Å². The Morgan fingerprint density at radius 1 is 1.12 bits per heavy atom. The van der Waals surface area contributed by atoms with Crippen molar-refractivity contribution in [3.05, 3.63) is 81.5 Å². The molecule has 1 aliphatic heterocycles.